The topological polar surface area (TPSA) is 55.6 Å². The number of hydrogen-bond donors (Lipinski definition) is 1. The molecule has 17 heavy (non-hydrogen) atoms. The van der Waals surface area contributed by atoms with Crippen LogP contribution < -0.4 is 5.32 Å². The fraction of sp³-hybridized carbons (Fsp3) is 0.417. The Morgan fingerprint density at radius 1 is 1.35 bits per heavy atom. The van der Waals surface area contributed by atoms with Crippen LogP contribution in [0, 0.1) is 0 Å². The molecule has 88 valence electrons. The minimum absolute atomic E-state index is 0.544. The van der Waals surface area contributed by atoms with Gasteiger partial charge in [0.15, 0.2) is 5.82 Å². The summed E-state index contributed by atoms with van der Waals surface area (Å²) in [4.78, 5) is 13.4. The zero-order valence-corrected chi connectivity index (χ0v) is 10.0. The predicted molar refractivity (Wildman–Crippen MR) is 65.8 cm³/mol. The van der Waals surface area contributed by atoms with Gasteiger partial charge >= 0.3 is 0 Å². The maximum Gasteiger partial charge on any atom is 0.158 e. The second kappa shape index (κ2) is 3.84. The van der Waals surface area contributed by atoms with Crippen LogP contribution >= 0.6 is 0 Å². The number of anilines is 1. The predicted octanol–water partition coefficient (Wildman–Crippen LogP) is 1.80. The number of nitrogens with one attached hydrogen (secondary N) is 1. The van der Waals surface area contributed by atoms with Gasteiger partial charge in [0.2, 0.25) is 0 Å². The molecule has 0 atom stereocenters. The van der Waals surface area contributed by atoms with Crippen LogP contribution in [-0.2, 0) is 7.05 Å². The van der Waals surface area contributed by atoms with E-state index in [9.17, 15) is 0 Å². The summed E-state index contributed by atoms with van der Waals surface area (Å²) >= 11 is 0. The Labute approximate surface area is 99.9 Å². The molecule has 0 bridgehead atoms. The monoisotopic (exact) mass is 229 g/mol. The van der Waals surface area contributed by atoms with Gasteiger partial charge in [-0.15, -0.1) is 0 Å². The minimum atomic E-state index is 0.544. The quantitative estimate of drug-likeness (QED) is 0.872. The first-order valence-electron chi connectivity index (χ1n) is 5.82. The largest absolute Gasteiger partial charge is 0.373 e. The van der Waals surface area contributed by atoms with Crippen molar-refractivity contribution in [3.8, 4) is 11.5 Å². The lowest BCUT2D eigenvalue weighted by Crippen LogP contribution is -2.03. The molecule has 5 heteroatoms. The SMILES string of the molecule is CNc1cc(-c2nccn2C)nc(C2CC2)n1. The Bertz CT molecular complexity index is 542. The van der Waals surface area contributed by atoms with E-state index >= 15 is 0 Å². The lowest BCUT2D eigenvalue weighted by molar-refractivity contribution is 0.890. The van der Waals surface area contributed by atoms with Gasteiger partial charge in [0.25, 0.3) is 0 Å². The molecule has 1 aliphatic rings. The van der Waals surface area contributed by atoms with Crippen molar-refractivity contribution in [1.82, 2.24) is 19.5 Å². The van der Waals surface area contributed by atoms with E-state index in [-0.39, 0.29) is 0 Å². The number of imidazole rings is 1. The van der Waals surface area contributed by atoms with Crippen LogP contribution in [0.5, 0.6) is 0 Å². The van der Waals surface area contributed by atoms with Crippen LogP contribution in [0.15, 0.2) is 18.5 Å². The van der Waals surface area contributed by atoms with Gasteiger partial charge in [0.05, 0.1) is 0 Å². The molecule has 3 rings (SSSR count). The van der Waals surface area contributed by atoms with Crippen LogP contribution in [0.2, 0.25) is 0 Å². The van der Waals surface area contributed by atoms with Crippen LogP contribution in [0.1, 0.15) is 24.6 Å². The molecule has 0 unspecified atom stereocenters. The van der Waals surface area contributed by atoms with Crippen molar-refractivity contribution in [2.75, 3.05) is 12.4 Å². The van der Waals surface area contributed by atoms with E-state index in [1.807, 2.05) is 30.9 Å². The first-order chi connectivity index (χ1) is 8.28. The van der Waals surface area contributed by atoms with Crippen molar-refractivity contribution in [2.24, 2.45) is 7.05 Å². The summed E-state index contributed by atoms with van der Waals surface area (Å²) in [5.74, 6) is 3.22. The number of rotatable bonds is 3. The lowest BCUT2D eigenvalue weighted by atomic mass is 10.3. The number of nitrogens with zero attached hydrogens (tertiary/aromatic N) is 4. The molecule has 1 aliphatic carbocycles. The fourth-order valence-corrected chi connectivity index (χ4v) is 1.85. The molecule has 2 heterocycles. The van der Waals surface area contributed by atoms with Crippen LogP contribution in [0.3, 0.4) is 0 Å². The number of hydrogen-bond acceptors (Lipinski definition) is 4. The van der Waals surface area contributed by atoms with Gasteiger partial charge < -0.3 is 9.88 Å². The third kappa shape index (κ3) is 1.88. The van der Waals surface area contributed by atoms with E-state index < -0.39 is 0 Å². The van der Waals surface area contributed by atoms with E-state index in [1.165, 1.54) is 12.8 Å². The van der Waals surface area contributed by atoms with Gasteiger partial charge in [-0.3, -0.25) is 0 Å². The molecule has 0 amide bonds. The third-order valence-electron chi connectivity index (χ3n) is 2.99. The molecule has 2 aromatic rings. The number of aromatic nitrogens is 4. The summed E-state index contributed by atoms with van der Waals surface area (Å²) in [6.07, 6.45) is 6.11. The standard InChI is InChI=1S/C12H15N5/c1-13-10-7-9(12-14-5-6-17(12)2)15-11(16-10)8-3-4-8/h5-8H,3-4H2,1-2H3,(H,13,15,16). The molecule has 0 spiro atoms. The molecule has 1 saturated carbocycles. The molecular formula is C12H15N5. The summed E-state index contributed by atoms with van der Waals surface area (Å²) in [5, 5.41) is 3.08. The highest BCUT2D eigenvalue weighted by molar-refractivity contribution is 5.55. The zero-order valence-electron chi connectivity index (χ0n) is 10.0. The molecule has 1 fully saturated rings. The summed E-state index contributed by atoms with van der Waals surface area (Å²) in [5.41, 5.74) is 0.888. The maximum absolute atomic E-state index is 4.61. The van der Waals surface area contributed by atoms with Crippen molar-refractivity contribution >= 4 is 5.82 Å². The lowest BCUT2D eigenvalue weighted by Gasteiger charge is -2.07. The van der Waals surface area contributed by atoms with E-state index in [0.29, 0.717) is 5.92 Å². The second-order valence-electron chi connectivity index (χ2n) is 4.38. The van der Waals surface area contributed by atoms with Gasteiger partial charge in [0, 0.05) is 38.5 Å². The van der Waals surface area contributed by atoms with Gasteiger partial charge in [-0.25, -0.2) is 15.0 Å². The molecule has 0 aromatic carbocycles. The molecule has 2 aromatic heterocycles. The van der Waals surface area contributed by atoms with Crippen molar-refractivity contribution in [1.29, 1.82) is 0 Å². The highest BCUT2D eigenvalue weighted by Gasteiger charge is 2.27. The molecular weight excluding hydrogens is 214 g/mol. The van der Waals surface area contributed by atoms with Gasteiger partial charge in [0.1, 0.15) is 17.3 Å². The molecule has 0 saturated heterocycles. The van der Waals surface area contributed by atoms with Crippen LogP contribution in [0.25, 0.3) is 11.5 Å². The molecule has 5 nitrogen and oxygen atoms in total. The molecule has 1 N–H and O–H groups in total. The van der Waals surface area contributed by atoms with E-state index in [0.717, 1.165) is 23.2 Å². The Balaban J connectivity index is 2.09. The third-order valence-corrected chi connectivity index (χ3v) is 2.99. The van der Waals surface area contributed by atoms with Crippen molar-refractivity contribution < 1.29 is 0 Å². The highest BCUT2D eigenvalue weighted by Crippen LogP contribution is 2.39. The van der Waals surface area contributed by atoms with Crippen LogP contribution in [-0.4, -0.2) is 26.6 Å². The van der Waals surface area contributed by atoms with Crippen molar-refractivity contribution in [3.05, 3.63) is 24.3 Å². The average Bonchev–Trinajstić information content (AvgIpc) is 3.11. The first kappa shape index (κ1) is 10.3. The van der Waals surface area contributed by atoms with Gasteiger partial charge in [-0.2, -0.15) is 0 Å². The highest BCUT2D eigenvalue weighted by atomic mass is 15.1. The van der Waals surface area contributed by atoms with Crippen LogP contribution in [0.4, 0.5) is 5.82 Å². The average molecular weight is 229 g/mol. The minimum Gasteiger partial charge on any atom is -0.373 e. The Morgan fingerprint density at radius 2 is 2.18 bits per heavy atom. The fourth-order valence-electron chi connectivity index (χ4n) is 1.85. The van der Waals surface area contributed by atoms with Crippen molar-refractivity contribution in [3.63, 3.8) is 0 Å². The Morgan fingerprint density at radius 3 is 2.76 bits per heavy atom. The van der Waals surface area contributed by atoms with E-state index in [1.54, 1.807) is 6.20 Å². The Kier molecular flexibility index (Phi) is 2.31. The molecule has 0 aliphatic heterocycles. The summed E-state index contributed by atoms with van der Waals surface area (Å²) in [6, 6.07) is 1.94. The number of aryl methyl sites for hydroxylation is 1. The normalized spacial score (nSPS) is 14.9. The summed E-state index contributed by atoms with van der Waals surface area (Å²) in [7, 11) is 3.85. The van der Waals surface area contributed by atoms with Crippen molar-refractivity contribution in [2.45, 2.75) is 18.8 Å². The molecule has 0 radical (unpaired) electrons. The Hall–Kier alpha value is -1.91. The van der Waals surface area contributed by atoms with E-state index in [2.05, 4.69) is 20.3 Å². The maximum atomic E-state index is 4.61. The van der Waals surface area contributed by atoms with Gasteiger partial charge in [-0.05, 0) is 12.8 Å². The second-order valence-corrected chi connectivity index (χ2v) is 4.38. The smallest absolute Gasteiger partial charge is 0.158 e. The first-order valence-corrected chi connectivity index (χ1v) is 5.82. The van der Waals surface area contributed by atoms with E-state index in [4.69, 9.17) is 0 Å². The summed E-state index contributed by atoms with van der Waals surface area (Å²) < 4.78 is 1.97. The summed E-state index contributed by atoms with van der Waals surface area (Å²) in [6.45, 7) is 0. The van der Waals surface area contributed by atoms with Gasteiger partial charge in [-0.1, -0.05) is 0 Å². The zero-order chi connectivity index (χ0) is 11.8.